The number of carbonyl (C=O) groups is 2. The molecule has 96 valence electrons. The van der Waals surface area contributed by atoms with Crippen molar-refractivity contribution in [3.8, 4) is 0 Å². The molecular formula is C14H12N2O2S. The third-order valence-corrected chi connectivity index (χ3v) is 4.80. The van der Waals surface area contributed by atoms with E-state index in [1.165, 1.54) is 0 Å². The largest absolute Gasteiger partial charge is 0.352 e. The first-order valence-electron chi connectivity index (χ1n) is 6.37. The highest BCUT2D eigenvalue weighted by Gasteiger charge is 2.24. The number of fused-ring (bicyclic) bond motifs is 4. The average Bonchev–Trinajstić information content (AvgIpc) is 2.76. The molecule has 0 saturated carbocycles. The minimum Gasteiger partial charge on any atom is -0.352 e. The van der Waals surface area contributed by atoms with Gasteiger partial charge >= 0.3 is 0 Å². The molecule has 2 heterocycles. The number of Topliss-reactive ketones (excluding diaryl/α,β-unsaturated/α-hetero) is 1. The molecule has 5 heteroatoms. The maximum Gasteiger partial charge on any atom is 0.234 e. The van der Waals surface area contributed by atoms with Gasteiger partial charge in [0.05, 0.1) is 17.1 Å². The lowest BCUT2D eigenvalue weighted by Crippen LogP contribution is -2.18. The third-order valence-electron chi connectivity index (χ3n) is 3.75. The summed E-state index contributed by atoms with van der Waals surface area (Å²) < 4.78 is 0. The van der Waals surface area contributed by atoms with E-state index < -0.39 is 0 Å². The van der Waals surface area contributed by atoms with Crippen LogP contribution in [0.4, 0.5) is 5.69 Å². The van der Waals surface area contributed by atoms with Gasteiger partial charge in [0.2, 0.25) is 5.91 Å². The molecule has 1 aliphatic carbocycles. The molecule has 2 aromatic rings. The van der Waals surface area contributed by atoms with Crippen LogP contribution >= 0.6 is 11.8 Å². The second kappa shape index (κ2) is 3.87. The Labute approximate surface area is 113 Å². The number of H-pyrrole nitrogens is 1. The summed E-state index contributed by atoms with van der Waals surface area (Å²) in [7, 11) is 0. The van der Waals surface area contributed by atoms with E-state index in [0.717, 1.165) is 45.6 Å². The Morgan fingerprint density at radius 3 is 2.95 bits per heavy atom. The molecule has 0 unspecified atom stereocenters. The van der Waals surface area contributed by atoms with E-state index in [2.05, 4.69) is 10.3 Å². The predicted octanol–water partition coefficient (Wildman–Crippen LogP) is 2.73. The van der Waals surface area contributed by atoms with Crippen molar-refractivity contribution in [3.63, 3.8) is 0 Å². The van der Waals surface area contributed by atoms with Gasteiger partial charge in [0.25, 0.3) is 0 Å². The van der Waals surface area contributed by atoms with Crippen LogP contribution in [-0.2, 0) is 11.2 Å². The van der Waals surface area contributed by atoms with Crippen LogP contribution in [0, 0.1) is 0 Å². The van der Waals surface area contributed by atoms with Crippen molar-refractivity contribution in [3.05, 3.63) is 23.4 Å². The predicted molar refractivity (Wildman–Crippen MR) is 74.9 cm³/mol. The molecule has 0 radical (unpaired) electrons. The van der Waals surface area contributed by atoms with Crippen LogP contribution in [0.15, 0.2) is 17.0 Å². The minimum absolute atomic E-state index is 0.0392. The van der Waals surface area contributed by atoms with Gasteiger partial charge in [0.15, 0.2) is 5.78 Å². The lowest BCUT2D eigenvalue weighted by atomic mass is 9.94. The standard InChI is InChI=1S/C14H12N2O2S/c17-11-3-1-2-7-8-4-10-12(19-6-13(18)15-10)5-9(8)16-14(7)11/h4-5,16H,1-3,6H2,(H,15,18). The van der Waals surface area contributed by atoms with E-state index >= 15 is 0 Å². The Morgan fingerprint density at radius 2 is 2.05 bits per heavy atom. The number of aromatic nitrogens is 1. The van der Waals surface area contributed by atoms with Gasteiger partial charge in [-0.1, -0.05) is 0 Å². The topological polar surface area (TPSA) is 62.0 Å². The van der Waals surface area contributed by atoms with Gasteiger partial charge in [-0.2, -0.15) is 0 Å². The van der Waals surface area contributed by atoms with Crippen LogP contribution in [0.25, 0.3) is 10.9 Å². The zero-order valence-electron chi connectivity index (χ0n) is 10.2. The maximum absolute atomic E-state index is 11.9. The fourth-order valence-electron chi connectivity index (χ4n) is 2.87. The van der Waals surface area contributed by atoms with Crippen molar-refractivity contribution in [2.24, 2.45) is 0 Å². The average molecular weight is 272 g/mol. The highest BCUT2D eigenvalue weighted by Crippen LogP contribution is 2.38. The van der Waals surface area contributed by atoms with Crippen LogP contribution in [0.3, 0.4) is 0 Å². The first-order chi connectivity index (χ1) is 9.22. The van der Waals surface area contributed by atoms with E-state index in [1.807, 2.05) is 12.1 Å². The molecular weight excluding hydrogens is 260 g/mol. The molecule has 2 aliphatic rings. The van der Waals surface area contributed by atoms with Crippen LogP contribution in [0.5, 0.6) is 0 Å². The first kappa shape index (κ1) is 11.1. The van der Waals surface area contributed by atoms with Crippen LogP contribution in [0.2, 0.25) is 0 Å². The molecule has 0 fully saturated rings. The number of hydrogen-bond donors (Lipinski definition) is 2. The van der Waals surface area contributed by atoms with Gasteiger partial charge in [-0.3, -0.25) is 9.59 Å². The number of amides is 1. The smallest absolute Gasteiger partial charge is 0.234 e. The number of aromatic amines is 1. The number of aryl methyl sites for hydroxylation is 1. The minimum atomic E-state index is 0.0392. The highest BCUT2D eigenvalue weighted by atomic mass is 32.2. The number of nitrogens with one attached hydrogen (secondary N) is 2. The molecule has 1 aliphatic heterocycles. The summed E-state index contributed by atoms with van der Waals surface area (Å²) in [6, 6.07) is 4.04. The van der Waals surface area contributed by atoms with Gasteiger partial charge in [0, 0.05) is 22.2 Å². The van der Waals surface area contributed by atoms with Gasteiger partial charge in [-0.15, -0.1) is 11.8 Å². The summed E-state index contributed by atoms with van der Waals surface area (Å²) in [5, 5.41) is 3.97. The van der Waals surface area contributed by atoms with Crippen molar-refractivity contribution in [1.29, 1.82) is 0 Å². The van der Waals surface area contributed by atoms with Gasteiger partial charge in [0.1, 0.15) is 0 Å². The highest BCUT2D eigenvalue weighted by molar-refractivity contribution is 8.00. The summed E-state index contributed by atoms with van der Waals surface area (Å²) in [6.45, 7) is 0. The number of carbonyl (C=O) groups excluding carboxylic acids is 2. The number of hydrogen-bond acceptors (Lipinski definition) is 3. The number of rotatable bonds is 0. The zero-order chi connectivity index (χ0) is 13.0. The fourth-order valence-corrected chi connectivity index (χ4v) is 3.70. The number of anilines is 1. The lowest BCUT2D eigenvalue weighted by molar-refractivity contribution is -0.113. The first-order valence-corrected chi connectivity index (χ1v) is 7.35. The van der Waals surface area contributed by atoms with Crippen molar-refractivity contribution < 1.29 is 9.59 Å². The van der Waals surface area contributed by atoms with Crippen LogP contribution in [-0.4, -0.2) is 22.4 Å². The maximum atomic E-state index is 11.9. The number of thioether (sulfide) groups is 1. The summed E-state index contributed by atoms with van der Waals surface area (Å²) in [5.74, 6) is 0.696. The third kappa shape index (κ3) is 1.61. The molecule has 2 N–H and O–H groups in total. The zero-order valence-corrected chi connectivity index (χ0v) is 11.0. The van der Waals surface area contributed by atoms with Gasteiger partial charge in [-0.05, 0) is 30.5 Å². The molecule has 0 atom stereocenters. The normalized spacial score (nSPS) is 18.1. The molecule has 0 spiro atoms. The van der Waals surface area contributed by atoms with Gasteiger partial charge < -0.3 is 10.3 Å². The van der Waals surface area contributed by atoms with Crippen LogP contribution in [0.1, 0.15) is 28.9 Å². The van der Waals surface area contributed by atoms with E-state index in [4.69, 9.17) is 0 Å². The van der Waals surface area contributed by atoms with Crippen molar-refractivity contribution in [2.45, 2.75) is 24.2 Å². The summed E-state index contributed by atoms with van der Waals surface area (Å²) in [5.41, 5.74) is 3.75. The quantitative estimate of drug-likeness (QED) is 0.775. The molecule has 1 aromatic carbocycles. The molecule has 19 heavy (non-hydrogen) atoms. The SMILES string of the molecule is O=C1CSc2cc3[nH]c4c(c3cc2N1)CCCC4=O. The Bertz CT molecular complexity index is 733. The van der Waals surface area contributed by atoms with Crippen LogP contribution < -0.4 is 5.32 Å². The van der Waals surface area contributed by atoms with E-state index in [9.17, 15) is 9.59 Å². The van der Waals surface area contributed by atoms with Crippen molar-refractivity contribution >= 4 is 40.0 Å². The van der Waals surface area contributed by atoms with E-state index in [0.29, 0.717) is 12.2 Å². The molecule has 1 amide bonds. The lowest BCUT2D eigenvalue weighted by Gasteiger charge is -2.16. The Morgan fingerprint density at radius 1 is 1.16 bits per heavy atom. The molecule has 0 saturated heterocycles. The molecule has 4 rings (SSSR count). The van der Waals surface area contributed by atoms with Crippen molar-refractivity contribution in [2.75, 3.05) is 11.1 Å². The second-order valence-electron chi connectivity index (χ2n) is 4.99. The van der Waals surface area contributed by atoms with Crippen molar-refractivity contribution in [1.82, 2.24) is 4.98 Å². The summed E-state index contributed by atoms with van der Waals surface area (Å²) in [6.07, 6.45) is 2.48. The molecule has 0 bridgehead atoms. The van der Waals surface area contributed by atoms with E-state index in [-0.39, 0.29) is 11.7 Å². The Balaban J connectivity index is 1.97. The summed E-state index contributed by atoms with van der Waals surface area (Å²) in [4.78, 5) is 27.7. The number of benzene rings is 1. The monoisotopic (exact) mass is 272 g/mol. The number of ketones is 1. The molecule has 1 aromatic heterocycles. The van der Waals surface area contributed by atoms with Gasteiger partial charge in [-0.25, -0.2) is 0 Å². The summed E-state index contributed by atoms with van der Waals surface area (Å²) >= 11 is 1.54. The van der Waals surface area contributed by atoms with E-state index in [1.54, 1.807) is 11.8 Å². The Hall–Kier alpha value is -1.75. The molecule has 4 nitrogen and oxygen atoms in total. The fraction of sp³-hybridized carbons (Fsp3) is 0.286. The Kier molecular flexibility index (Phi) is 2.26. The second-order valence-corrected chi connectivity index (χ2v) is 6.00.